The summed E-state index contributed by atoms with van der Waals surface area (Å²) in [6, 6.07) is 17.4. The monoisotopic (exact) mass is 676 g/mol. The molecule has 0 radical (unpaired) electrons. The first kappa shape index (κ1) is 30.7. The molecule has 0 amide bonds. The SMILES string of the molecule is O=S(=O)(O)c1ccc(Nc2nc(Cl)nc(Nc3cccc(Nc4nc(Cl)nc(Nc5ccc(S(=O)(=O)O)cc5)n4)c3)n2)cc1. The van der Waals surface area contributed by atoms with Crippen molar-refractivity contribution in [2.24, 2.45) is 0 Å². The number of benzene rings is 3. The lowest BCUT2D eigenvalue weighted by atomic mass is 10.3. The zero-order valence-electron chi connectivity index (χ0n) is 21.7. The second-order valence-corrected chi connectivity index (χ2v) is 12.1. The summed E-state index contributed by atoms with van der Waals surface area (Å²) in [5.41, 5.74) is 1.94. The fraction of sp³-hybridized carbons (Fsp3) is 0. The number of aromatic nitrogens is 6. The number of halogens is 2. The van der Waals surface area contributed by atoms with Gasteiger partial charge in [-0.3, -0.25) is 9.11 Å². The molecule has 0 aliphatic carbocycles. The van der Waals surface area contributed by atoms with Crippen molar-refractivity contribution < 1.29 is 25.9 Å². The zero-order valence-corrected chi connectivity index (χ0v) is 24.9. The minimum absolute atomic E-state index is 0.0638. The van der Waals surface area contributed by atoms with Gasteiger partial charge in [-0.05, 0) is 89.9 Å². The highest BCUT2D eigenvalue weighted by atomic mass is 35.5. The maximum Gasteiger partial charge on any atom is 0.294 e. The van der Waals surface area contributed by atoms with Crippen LogP contribution in [0.15, 0.2) is 82.6 Å². The molecule has 0 atom stereocenters. The molecule has 0 unspecified atom stereocenters. The zero-order chi connectivity index (χ0) is 31.5. The second kappa shape index (κ2) is 12.5. The van der Waals surface area contributed by atoms with Gasteiger partial charge in [-0.1, -0.05) is 6.07 Å². The molecule has 16 nitrogen and oxygen atoms in total. The van der Waals surface area contributed by atoms with E-state index in [9.17, 15) is 16.8 Å². The fourth-order valence-corrected chi connectivity index (χ4v) is 4.82. The van der Waals surface area contributed by atoms with E-state index in [4.69, 9.17) is 32.3 Å². The Morgan fingerprint density at radius 2 is 0.795 bits per heavy atom. The third-order valence-electron chi connectivity index (χ3n) is 5.41. The van der Waals surface area contributed by atoms with Crippen LogP contribution in [0.2, 0.25) is 10.6 Å². The number of anilines is 8. The van der Waals surface area contributed by atoms with Gasteiger partial charge in [-0.25, -0.2) is 0 Å². The van der Waals surface area contributed by atoms with Crippen molar-refractivity contribution in [3.63, 3.8) is 0 Å². The predicted octanol–water partition coefficient (Wildman–Crippen LogP) is 4.83. The molecule has 5 rings (SSSR count). The van der Waals surface area contributed by atoms with E-state index in [1.807, 2.05) is 0 Å². The van der Waals surface area contributed by atoms with Gasteiger partial charge >= 0.3 is 0 Å². The molecule has 0 bridgehead atoms. The molecule has 20 heteroatoms. The van der Waals surface area contributed by atoms with Crippen molar-refractivity contribution in [3.05, 3.63) is 83.4 Å². The predicted molar refractivity (Wildman–Crippen MR) is 162 cm³/mol. The van der Waals surface area contributed by atoms with E-state index in [1.165, 1.54) is 48.5 Å². The molecule has 0 spiro atoms. The van der Waals surface area contributed by atoms with Crippen molar-refractivity contribution in [1.29, 1.82) is 0 Å². The first-order chi connectivity index (χ1) is 20.8. The maximum absolute atomic E-state index is 11.3. The van der Waals surface area contributed by atoms with Gasteiger partial charge in [-0.2, -0.15) is 46.7 Å². The van der Waals surface area contributed by atoms with Crippen LogP contribution >= 0.6 is 23.2 Å². The van der Waals surface area contributed by atoms with Crippen molar-refractivity contribution in [3.8, 4) is 0 Å². The van der Waals surface area contributed by atoms with Crippen LogP contribution in [0.5, 0.6) is 0 Å². The lowest BCUT2D eigenvalue weighted by Crippen LogP contribution is -2.05. The van der Waals surface area contributed by atoms with E-state index >= 15 is 0 Å². The Morgan fingerprint density at radius 1 is 0.477 bits per heavy atom. The van der Waals surface area contributed by atoms with E-state index in [0.29, 0.717) is 22.7 Å². The van der Waals surface area contributed by atoms with Gasteiger partial charge < -0.3 is 21.3 Å². The lowest BCUT2D eigenvalue weighted by molar-refractivity contribution is 0.481. The first-order valence-corrected chi connectivity index (χ1v) is 15.6. The summed E-state index contributed by atoms with van der Waals surface area (Å²) in [6.07, 6.45) is 0. The van der Waals surface area contributed by atoms with Gasteiger partial charge in [0.05, 0.1) is 9.79 Å². The summed E-state index contributed by atoms with van der Waals surface area (Å²) < 4.78 is 63.3. The highest BCUT2D eigenvalue weighted by Gasteiger charge is 2.12. The molecule has 6 N–H and O–H groups in total. The molecule has 5 aromatic rings. The Morgan fingerprint density at radius 3 is 1.11 bits per heavy atom. The first-order valence-electron chi connectivity index (χ1n) is 12.0. The van der Waals surface area contributed by atoms with Gasteiger partial charge in [0.1, 0.15) is 0 Å². The van der Waals surface area contributed by atoms with Crippen LogP contribution in [0.4, 0.5) is 46.5 Å². The smallest absolute Gasteiger partial charge is 0.294 e. The van der Waals surface area contributed by atoms with Crippen LogP contribution in [0.1, 0.15) is 0 Å². The van der Waals surface area contributed by atoms with Gasteiger partial charge in [0.25, 0.3) is 20.2 Å². The minimum Gasteiger partial charge on any atom is -0.324 e. The number of hydrogen-bond acceptors (Lipinski definition) is 14. The molecule has 0 aliphatic heterocycles. The summed E-state index contributed by atoms with van der Waals surface area (Å²) in [6.45, 7) is 0. The minimum atomic E-state index is -4.34. The van der Waals surface area contributed by atoms with Crippen molar-refractivity contribution >= 4 is 90.0 Å². The van der Waals surface area contributed by atoms with Crippen molar-refractivity contribution in [1.82, 2.24) is 29.9 Å². The summed E-state index contributed by atoms with van der Waals surface area (Å²) in [5.74, 6) is 0.311. The third kappa shape index (κ3) is 8.22. The van der Waals surface area contributed by atoms with Crippen LogP contribution in [0, 0.1) is 0 Å². The van der Waals surface area contributed by atoms with Gasteiger partial charge in [-0.15, -0.1) is 0 Å². The Hall–Kier alpha value is -4.72. The van der Waals surface area contributed by atoms with Crippen molar-refractivity contribution in [2.45, 2.75) is 9.79 Å². The maximum atomic E-state index is 11.3. The molecule has 0 saturated carbocycles. The molecule has 0 saturated heterocycles. The number of hydrogen-bond donors (Lipinski definition) is 6. The molecular weight excluding hydrogens is 659 g/mol. The molecular formula is C24H18Cl2N10O6S2. The molecule has 0 aliphatic rings. The van der Waals surface area contributed by atoms with Crippen LogP contribution in [-0.2, 0) is 20.2 Å². The highest BCUT2D eigenvalue weighted by Crippen LogP contribution is 2.24. The van der Waals surface area contributed by atoms with E-state index in [2.05, 4.69) is 51.2 Å². The van der Waals surface area contributed by atoms with E-state index in [0.717, 1.165) is 0 Å². The summed E-state index contributed by atoms with van der Waals surface area (Å²) in [5, 5.41) is 11.5. The Labute approximate surface area is 259 Å². The fourth-order valence-electron chi connectivity index (χ4n) is 3.54. The summed E-state index contributed by atoms with van der Waals surface area (Å²) in [4.78, 5) is 24.1. The summed E-state index contributed by atoms with van der Waals surface area (Å²) >= 11 is 12.2. The van der Waals surface area contributed by atoms with Gasteiger partial charge in [0, 0.05) is 22.7 Å². The average molecular weight is 678 g/mol. The van der Waals surface area contributed by atoms with Crippen LogP contribution in [0.25, 0.3) is 0 Å². The Balaban J connectivity index is 1.28. The topological polar surface area (TPSA) is 234 Å². The standard InChI is InChI=1S/C24H18Cl2N10O6S2/c25-19-31-21(27-13-4-8-17(9-5-13)43(37,38)39)35-23(33-19)29-15-2-1-3-16(12-15)30-24-34-20(26)32-22(36-24)28-14-6-10-18(11-7-14)44(40,41)42/h1-12H,(H,37,38,39)(H,40,41,42)(H2,27,29,31,33,35)(H2,28,30,32,34,36). The van der Waals surface area contributed by atoms with Gasteiger partial charge in [0.2, 0.25) is 34.4 Å². The number of nitrogens with zero attached hydrogens (tertiary/aromatic N) is 6. The number of nitrogens with one attached hydrogen (secondary N) is 4. The van der Waals surface area contributed by atoms with Crippen LogP contribution < -0.4 is 21.3 Å². The van der Waals surface area contributed by atoms with Crippen molar-refractivity contribution in [2.75, 3.05) is 21.3 Å². The molecule has 2 heterocycles. The molecule has 44 heavy (non-hydrogen) atoms. The molecule has 0 fully saturated rings. The Bertz CT molecular complexity index is 1910. The summed E-state index contributed by atoms with van der Waals surface area (Å²) in [7, 11) is -8.67. The molecule has 2 aromatic heterocycles. The highest BCUT2D eigenvalue weighted by molar-refractivity contribution is 7.86. The normalized spacial score (nSPS) is 11.5. The van der Waals surface area contributed by atoms with E-state index in [-0.39, 0.29) is 44.2 Å². The Kier molecular flexibility index (Phi) is 8.72. The van der Waals surface area contributed by atoms with Crippen LogP contribution in [-0.4, -0.2) is 55.8 Å². The molecule has 3 aromatic carbocycles. The average Bonchev–Trinajstić information content (AvgIpc) is 2.92. The second-order valence-electron chi connectivity index (χ2n) is 8.58. The third-order valence-corrected chi connectivity index (χ3v) is 7.48. The van der Waals surface area contributed by atoms with E-state index in [1.54, 1.807) is 24.3 Å². The van der Waals surface area contributed by atoms with Gasteiger partial charge in [0.15, 0.2) is 0 Å². The number of rotatable bonds is 10. The van der Waals surface area contributed by atoms with E-state index < -0.39 is 20.2 Å². The quantitative estimate of drug-likeness (QED) is 0.109. The molecule has 226 valence electrons. The van der Waals surface area contributed by atoms with Crippen LogP contribution in [0.3, 0.4) is 0 Å². The largest absolute Gasteiger partial charge is 0.324 e. The lowest BCUT2D eigenvalue weighted by Gasteiger charge is -2.11.